The molecule has 2 N–H and O–H groups in total. The Morgan fingerprint density at radius 1 is 1.20 bits per heavy atom. The first-order valence-corrected chi connectivity index (χ1v) is 11.7. The Kier molecular flexibility index (Phi) is 8.08. The van der Waals surface area contributed by atoms with E-state index in [9.17, 15) is 31.5 Å². The zero-order valence-corrected chi connectivity index (χ0v) is 20.7. The first-order valence-electron chi connectivity index (χ1n) is 11.7. The minimum atomic E-state index is -4.96. The lowest BCUT2D eigenvalue weighted by molar-refractivity contribution is -0.138. The fourth-order valence-electron chi connectivity index (χ4n) is 4.05. The molecule has 0 radical (unpaired) electrons. The van der Waals surface area contributed by atoms with E-state index in [1.54, 1.807) is 11.2 Å². The van der Waals surface area contributed by atoms with Crippen LogP contribution in [0.1, 0.15) is 18.9 Å². The number of nitrogens with zero attached hydrogens (tertiary/aromatic N) is 5. The summed E-state index contributed by atoms with van der Waals surface area (Å²) in [5.41, 5.74) is -4.19. The van der Waals surface area contributed by atoms with Gasteiger partial charge in [0.1, 0.15) is 23.6 Å². The number of benzene rings is 1. The number of halogens is 5. The summed E-state index contributed by atoms with van der Waals surface area (Å²) >= 11 is 0. The SMILES string of the molecule is C[C@H](C[C@H](F)Cn1ccc2cc(-c3ncc(OCC#N)cn3)c(F)cc2c1=O)Nc1cn[nH]c(=O)c1C(F)(F)F. The van der Waals surface area contributed by atoms with Crippen molar-refractivity contribution in [3.8, 4) is 23.2 Å². The highest BCUT2D eigenvalue weighted by atomic mass is 19.4. The van der Waals surface area contributed by atoms with E-state index in [0.29, 0.717) is 5.39 Å². The Hall–Kier alpha value is -4.87. The Bertz CT molecular complexity index is 1680. The molecule has 3 heterocycles. The molecule has 15 heteroatoms. The average molecular weight is 561 g/mol. The molecule has 1 aromatic carbocycles. The van der Waals surface area contributed by atoms with Gasteiger partial charge in [0.25, 0.3) is 11.1 Å². The van der Waals surface area contributed by atoms with Gasteiger partial charge in [0, 0.05) is 18.7 Å². The van der Waals surface area contributed by atoms with Gasteiger partial charge in [-0.25, -0.2) is 23.8 Å². The minimum absolute atomic E-state index is 0.00668. The molecule has 2 atom stereocenters. The van der Waals surface area contributed by atoms with E-state index in [2.05, 4.69) is 20.4 Å². The van der Waals surface area contributed by atoms with Crippen molar-refractivity contribution in [1.29, 1.82) is 5.26 Å². The number of aromatic amines is 1. The third-order valence-corrected chi connectivity index (χ3v) is 5.78. The molecule has 0 fully saturated rings. The zero-order chi connectivity index (χ0) is 29.0. The Morgan fingerprint density at radius 3 is 2.60 bits per heavy atom. The number of aromatic nitrogens is 5. The molecule has 4 rings (SSSR count). The van der Waals surface area contributed by atoms with Gasteiger partial charge in [0.15, 0.2) is 18.2 Å². The van der Waals surface area contributed by atoms with Crippen molar-refractivity contribution >= 4 is 16.5 Å². The predicted molar refractivity (Wildman–Crippen MR) is 133 cm³/mol. The maximum absolute atomic E-state index is 14.9. The van der Waals surface area contributed by atoms with E-state index in [1.165, 1.54) is 37.6 Å². The fourth-order valence-corrected chi connectivity index (χ4v) is 4.05. The topological polar surface area (TPSA) is 139 Å². The van der Waals surface area contributed by atoms with Crippen LogP contribution in [0.25, 0.3) is 22.2 Å². The van der Waals surface area contributed by atoms with Crippen LogP contribution in [0.4, 0.5) is 27.6 Å². The Labute approximate surface area is 222 Å². The minimum Gasteiger partial charge on any atom is -0.476 e. The Balaban J connectivity index is 1.49. The van der Waals surface area contributed by atoms with Crippen molar-refractivity contribution in [3.05, 3.63) is 75.1 Å². The number of alkyl halides is 4. The molecule has 0 bridgehead atoms. The van der Waals surface area contributed by atoms with Crippen LogP contribution in [0.2, 0.25) is 0 Å². The molecule has 3 aromatic heterocycles. The average Bonchev–Trinajstić information content (AvgIpc) is 2.88. The molecule has 208 valence electrons. The van der Waals surface area contributed by atoms with Crippen molar-refractivity contribution in [2.45, 2.75) is 38.3 Å². The lowest BCUT2D eigenvalue weighted by atomic mass is 10.1. The number of hydrogen-bond donors (Lipinski definition) is 2. The highest BCUT2D eigenvalue weighted by molar-refractivity contribution is 5.86. The summed E-state index contributed by atoms with van der Waals surface area (Å²) in [7, 11) is 0. The first kappa shape index (κ1) is 28.1. The number of fused-ring (bicyclic) bond motifs is 1. The standard InChI is InChI=1S/C25H20F5N7O3/c1-13(35-20-11-34-36-23(38)21(20)25(28,29)30)6-15(26)12-37-4-2-14-7-18(19(27)8-17(14)24(37)39)22-32-9-16(10-33-22)40-5-3-31/h2,4,7-11,13,15H,5-6,12H2,1H3,(H2,35,36,38)/t13-,15+/m1/s1. The summed E-state index contributed by atoms with van der Waals surface area (Å²) in [6.07, 6.45) is -2.30. The molecule has 0 saturated carbocycles. The molecule has 0 spiro atoms. The van der Waals surface area contributed by atoms with Crippen molar-refractivity contribution in [3.63, 3.8) is 0 Å². The van der Waals surface area contributed by atoms with Crippen LogP contribution < -0.4 is 21.2 Å². The number of nitrogens with one attached hydrogen (secondary N) is 2. The Morgan fingerprint density at radius 2 is 1.93 bits per heavy atom. The van der Waals surface area contributed by atoms with Crippen LogP contribution >= 0.6 is 0 Å². The highest BCUT2D eigenvalue weighted by Gasteiger charge is 2.37. The quantitative estimate of drug-likeness (QED) is 0.294. The van der Waals surface area contributed by atoms with Gasteiger partial charge in [0.2, 0.25) is 0 Å². The van der Waals surface area contributed by atoms with E-state index >= 15 is 0 Å². The maximum atomic E-state index is 14.9. The van der Waals surface area contributed by atoms with Crippen molar-refractivity contribution in [1.82, 2.24) is 24.7 Å². The summed E-state index contributed by atoms with van der Waals surface area (Å²) in [6.45, 7) is 0.758. The van der Waals surface area contributed by atoms with Crippen LogP contribution in [-0.2, 0) is 12.7 Å². The number of ether oxygens (including phenoxy) is 1. The molecule has 0 aliphatic rings. The van der Waals surface area contributed by atoms with Crippen LogP contribution in [0.5, 0.6) is 5.75 Å². The lowest BCUT2D eigenvalue weighted by Gasteiger charge is -2.20. The van der Waals surface area contributed by atoms with Crippen LogP contribution in [0.15, 0.2) is 52.6 Å². The lowest BCUT2D eigenvalue weighted by Crippen LogP contribution is -2.30. The number of H-pyrrole nitrogens is 1. The maximum Gasteiger partial charge on any atom is 0.423 e. The van der Waals surface area contributed by atoms with Crippen molar-refractivity contribution in [2.24, 2.45) is 0 Å². The van der Waals surface area contributed by atoms with Gasteiger partial charge in [0.05, 0.1) is 41.8 Å². The molecule has 0 aliphatic heterocycles. The highest BCUT2D eigenvalue weighted by Crippen LogP contribution is 2.32. The molecule has 0 unspecified atom stereocenters. The third kappa shape index (κ3) is 6.22. The molecule has 4 aromatic rings. The first-order chi connectivity index (χ1) is 19.0. The number of pyridine rings is 1. The second-order valence-electron chi connectivity index (χ2n) is 8.75. The van der Waals surface area contributed by atoms with Gasteiger partial charge >= 0.3 is 6.18 Å². The van der Waals surface area contributed by atoms with E-state index < -0.39 is 53.1 Å². The number of rotatable bonds is 9. The summed E-state index contributed by atoms with van der Waals surface area (Å²) in [5, 5.41) is 16.4. The van der Waals surface area contributed by atoms with Crippen molar-refractivity contribution < 1.29 is 26.7 Å². The predicted octanol–water partition coefficient (Wildman–Crippen LogP) is 3.83. The molecule has 0 amide bonds. The van der Waals surface area contributed by atoms with E-state index in [0.717, 1.165) is 16.8 Å². The normalized spacial score (nSPS) is 13.0. The molecule has 10 nitrogen and oxygen atoms in total. The summed E-state index contributed by atoms with van der Waals surface area (Å²) in [6, 6.07) is 4.77. The molecular formula is C25H20F5N7O3. The van der Waals surface area contributed by atoms with Crippen LogP contribution in [0.3, 0.4) is 0 Å². The molecule has 40 heavy (non-hydrogen) atoms. The molecule has 0 saturated heterocycles. The second kappa shape index (κ2) is 11.5. The monoisotopic (exact) mass is 561 g/mol. The van der Waals surface area contributed by atoms with Crippen molar-refractivity contribution in [2.75, 3.05) is 11.9 Å². The fraction of sp³-hybridized carbons (Fsp3) is 0.280. The summed E-state index contributed by atoms with van der Waals surface area (Å²) in [5.74, 6) is -0.563. The largest absolute Gasteiger partial charge is 0.476 e. The van der Waals surface area contributed by atoms with Gasteiger partial charge in [-0.05, 0) is 30.5 Å². The third-order valence-electron chi connectivity index (χ3n) is 5.78. The molecular weight excluding hydrogens is 541 g/mol. The number of anilines is 1. The van der Waals surface area contributed by atoms with Gasteiger partial charge in [-0.1, -0.05) is 0 Å². The van der Waals surface area contributed by atoms with Gasteiger partial charge in [-0.3, -0.25) is 9.59 Å². The van der Waals surface area contributed by atoms with Crippen LogP contribution in [0, 0.1) is 17.1 Å². The summed E-state index contributed by atoms with van der Waals surface area (Å²) in [4.78, 5) is 32.6. The van der Waals surface area contributed by atoms with E-state index in [1.807, 2.05) is 0 Å². The molecule has 0 aliphatic carbocycles. The van der Waals surface area contributed by atoms with E-state index in [4.69, 9.17) is 10.00 Å². The van der Waals surface area contributed by atoms with Gasteiger partial charge < -0.3 is 14.6 Å². The van der Waals surface area contributed by atoms with Gasteiger partial charge in [-0.15, -0.1) is 0 Å². The zero-order valence-electron chi connectivity index (χ0n) is 20.7. The second-order valence-corrected chi connectivity index (χ2v) is 8.75. The summed E-state index contributed by atoms with van der Waals surface area (Å²) < 4.78 is 75.6. The number of nitriles is 1. The van der Waals surface area contributed by atoms with Crippen LogP contribution in [-0.4, -0.2) is 43.6 Å². The smallest absolute Gasteiger partial charge is 0.423 e. The number of hydrogen-bond acceptors (Lipinski definition) is 8. The van der Waals surface area contributed by atoms with E-state index in [-0.39, 0.29) is 35.6 Å². The van der Waals surface area contributed by atoms with Gasteiger partial charge in [-0.2, -0.15) is 23.5 Å².